The summed E-state index contributed by atoms with van der Waals surface area (Å²) in [4.78, 5) is 20.4. The van der Waals surface area contributed by atoms with Gasteiger partial charge in [-0.15, -0.1) is 0 Å². The van der Waals surface area contributed by atoms with Gasteiger partial charge in [0.2, 0.25) is 5.78 Å². The molecule has 0 saturated carbocycles. The number of hydrogen-bond donors (Lipinski definition) is 2. The van der Waals surface area contributed by atoms with Gasteiger partial charge in [-0.25, -0.2) is 17.6 Å². The van der Waals surface area contributed by atoms with E-state index in [0.29, 0.717) is 0 Å². The van der Waals surface area contributed by atoms with E-state index in [1.807, 2.05) is 0 Å². The number of hydroxylamine groups is 2. The first-order valence-electron chi connectivity index (χ1n) is 4.63. The Labute approximate surface area is 97.2 Å². The average molecular weight is 276 g/mol. The van der Waals surface area contributed by atoms with Gasteiger partial charge in [0.15, 0.2) is 13.6 Å². The molecule has 2 fully saturated rings. The fourth-order valence-electron chi connectivity index (χ4n) is 1.49. The highest BCUT2D eigenvalue weighted by atomic mass is 19.3. The summed E-state index contributed by atoms with van der Waals surface area (Å²) in [5.74, 6) is -1.77. The number of nitrogens with one attached hydrogen (secondary N) is 2. The van der Waals surface area contributed by atoms with E-state index in [1.54, 1.807) is 11.0 Å². The van der Waals surface area contributed by atoms with E-state index in [1.165, 1.54) is 0 Å². The Balaban J connectivity index is 2.33. The second-order valence-electron chi connectivity index (χ2n) is 3.42. The number of hydrogen-bond acceptors (Lipinski definition) is 7. The van der Waals surface area contributed by atoms with Crippen molar-refractivity contribution in [3.8, 4) is 0 Å². The van der Waals surface area contributed by atoms with Crippen molar-refractivity contribution in [3.05, 3.63) is 0 Å². The fourth-order valence-corrected chi connectivity index (χ4v) is 1.49. The van der Waals surface area contributed by atoms with Crippen LogP contribution in [0.1, 0.15) is 0 Å². The summed E-state index contributed by atoms with van der Waals surface area (Å²) < 4.78 is 60.3. The molecule has 2 aliphatic heterocycles. The third kappa shape index (κ3) is 1.79. The smallest absolute Gasteiger partial charge is 0.290 e. The lowest BCUT2D eigenvalue weighted by atomic mass is 9.99. The molecule has 0 radical (unpaired) electrons. The lowest BCUT2D eigenvalue weighted by Gasteiger charge is -2.32. The number of carbonyl (C=O) groups excluding carboxylic acids is 1. The van der Waals surface area contributed by atoms with Crippen molar-refractivity contribution in [1.29, 1.82) is 0 Å². The number of halogens is 4. The standard InChI is InChI=1S/C7H8F4N2O5/c8-4(9)6(12-17-1-15-6)3(14)7(5(10)11)13-18-2-16-7/h4-5,12-13H,1-2H2. The van der Waals surface area contributed by atoms with Crippen LogP contribution in [0.2, 0.25) is 0 Å². The summed E-state index contributed by atoms with van der Waals surface area (Å²) in [5.41, 5.74) is -2.87. The van der Waals surface area contributed by atoms with Crippen molar-refractivity contribution in [2.75, 3.05) is 13.6 Å². The average Bonchev–Trinajstić information content (AvgIpc) is 2.99. The molecule has 0 bridgehead atoms. The third-order valence-electron chi connectivity index (χ3n) is 2.43. The van der Waals surface area contributed by atoms with Gasteiger partial charge in [-0.3, -0.25) is 14.5 Å². The zero-order valence-corrected chi connectivity index (χ0v) is 8.62. The highest BCUT2D eigenvalue weighted by molar-refractivity contribution is 5.95. The van der Waals surface area contributed by atoms with Crippen LogP contribution >= 0.6 is 0 Å². The molecule has 2 unspecified atom stereocenters. The van der Waals surface area contributed by atoms with E-state index in [2.05, 4.69) is 19.1 Å². The van der Waals surface area contributed by atoms with Crippen LogP contribution in [-0.2, 0) is 23.9 Å². The first-order chi connectivity index (χ1) is 8.46. The second kappa shape index (κ2) is 4.68. The lowest BCUT2D eigenvalue weighted by molar-refractivity contribution is -0.200. The normalized spacial score (nSPS) is 36.8. The predicted molar refractivity (Wildman–Crippen MR) is 42.8 cm³/mol. The SMILES string of the molecule is O=C(C1(C(F)F)NOCO1)C1(C(F)F)NOCO1. The van der Waals surface area contributed by atoms with Crippen molar-refractivity contribution >= 4 is 5.78 Å². The van der Waals surface area contributed by atoms with Crippen LogP contribution in [0.15, 0.2) is 0 Å². The van der Waals surface area contributed by atoms with Crippen LogP contribution in [0.25, 0.3) is 0 Å². The van der Waals surface area contributed by atoms with Gasteiger partial charge in [-0.05, 0) is 0 Å². The molecule has 2 aliphatic rings. The number of ketones is 1. The number of carbonyl (C=O) groups is 1. The molecule has 7 nitrogen and oxygen atoms in total. The molecule has 0 aromatic rings. The summed E-state index contributed by atoms with van der Waals surface area (Å²) in [6.07, 6.45) is -6.90. The molecule has 2 heterocycles. The molecule has 18 heavy (non-hydrogen) atoms. The van der Waals surface area contributed by atoms with Crippen molar-refractivity contribution < 1.29 is 41.5 Å². The van der Waals surface area contributed by atoms with Gasteiger partial charge in [0.25, 0.3) is 24.3 Å². The minimum Gasteiger partial charge on any atom is -0.318 e. The highest BCUT2D eigenvalue weighted by Gasteiger charge is 2.65. The van der Waals surface area contributed by atoms with E-state index in [-0.39, 0.29) is 0 Å². The molecule has 11 heteroatoms. The zero-order valence-electron chi connectivity index (χ0n) is 8.62. The summed E-state index contributed by atoms with van der Waals surface area (Å²) >= 11 is 0. The Morgan fingerprint density at radius 2 is 1.33 bits per heavy atom. The van der Waals surface area contributed by atoms with E-state index in [9.17, 15) is 22.4 Å². The monoisotopic (exact) mass is 276 g/mol. The molecule has 0 aromatic carbocycles. The fraction of sp³-hybridized carbons (Fsp3) is 0.857. The molecular formula is C7H8F4N2O5. The maximum absolute atomic E-state index is 12.9. The largest absolute Gasteiger partial charge is 0.318 e. The van der Waals surface area contributed by atoms with Crippen LogP contribution in [0.4, 0.5) is 17.6 Å². The molecule has 2 N–H and O–H groups in total. The van der Waals surface area contributed by atoms with Gasteiger partial charge >= 0.3 is 0 Å². The molecule has 2 saturated heterocycles. The van der Waals surface area contributed by atoms with Gasteiger partial charge in [0.1, 0.15) is 0 Å². The Hall–Kier alpha value is -0.850. The number of alkyl halides is 4. The molecule has 104 valence electrons. The lowest BCUT2D eigenvalue weighted by Crippen LogP contribution is -2.68. The van der Waals surface area contributed by atoms with Crippen molar-refractivity contribution in [2.45, 2.75) is 24.3 Å². The van der Waals surface area contributed by atoms with Gasteiger partial charge in [-0.2, -0.15) is 11.0 Å². The molecule has 2 atom stereocenters. The van der Waals surface area contributed by atoms with Gasteiger partial charge in [0.05, 0.1) is 0 Å². The second-order valence-corrected chi connectivity index (χ2v) is 3.42. The Bertz CT molecular complexity index is 300. The van der Waals surface area contributed by atoms with Crippen LogP contribution < -0.4 is 11.0 Å². The van der Waals surface area contributed by atoms with Crippen LogP contribution in [0.5, 0.6) is 0 Å². The van der Waals surface area contributed by atoms with Crippen LogP contribution in [0, 0.1) is 0 Å². The van der Waals surface area contributed by atoms with E-state index >= 15 is 0 Å². The molecule has 0 amide bonds. The van der Waals surface area contributed by atoms with Crippen LogP contribution in [0.3, 0.4) is 0 Å². The first kappa shape index (κ1) is 13.6. The molecule has 0 aromatic heterocycles. The highest BCUT2D eigenvalue weighted by Crippen LogP contribution is 2.33. The molecule has 0 aliphatic carbocycles. The van der Waals surface area contributed by atoms with Crippen molar-refractivity contribution in [2.24, 2.45) is 0 Å². The quantitative estimate of drug-likeness (QED) is 0.670. The van der Waals surface area contributed by atoms with Gasteiger partial charge in [0, 0.05) is 0 Å². The van der Waals surface area contributed by atoms with Crippen molar-refractivity contribution in [3.63, 3.8) is 0 Å². The first-order valence-corrected chi connectivity index (χ1v) is 4.63. The number of rotatable bonds is 4. The topological polar surface area (TPSA) is 78.1 Å². The number of Topliss-reactive ketones (excluding diaryl/α,β-unsaturated/α-hetero) is 1. The summed E-state index contributed by atoms with van der Waals surface area (Å²) in [7, 11) is 0. The minimum atomic E-state index is -3.45. The van der Waals surface area contributed by atoms with E-state index in [0.717, 1.165) is 0 Å². The summed E-state index contributed by atoms with van der Waals surface area (Å²) in [6, 6.07) is 0. The Morgan fingerprint density at radius 1 is 0.944 bits per heavy atom. The summed E-state index contributed by atoms with van der Waals surface area (Å²) in [6.45, 7) is -1.40. The third-order valence-corrected chi connectivity index (χ3v) is 2.43. The van der Waals surface area contributed by atoms with E-state index < -0.39 is 43.7 Å². The predicted octanol–water partition coefficient (Wildman–Crippen LogP) is -0.504. The zero-order chi connectivity index (χ0) is 13.4. The minimum absolute atomic E-state index is 0.698. The van der Waals surface area contributed by atoms with Gasteiger partial charge in [-0.1, -0.05) is 0 Å². The van der Waals surface area contributed by atoms with Crippen molar-refractivity contribution in [1.82, 2.24) is 11.0 Å². The van der Waals surface area contributed by atoms with Crippen LogP contribution in [-0.4, -0.2) is 43.7 Å². The maximum Gasteiger partial charge on any atom is 0.290 e. The molecule has 0 spiro atoms. The van der Waals surface area contributed by atoms with E-state index in [4.69, 9.17) is 0 Å². The Morgan fingerprint density at radius 3 is 1.56 bits per heavy atom. The summed E-state index contributed by atoms with van der Waals surface area (Å²) in [5, 5.41) is 0. The molecule has 2 rings (SSSR count). The number of ether oxygens (including phenoxy) is 2. The molecular weight excluding hydrogens is 268 g/mol. The maximum atomic E-state index is 12.9. The van der Waals surface area contributed by atoms with Gasteiger partial charge < -0.3 is 9.47 Å². The Kier molecular flexibility index (Phi) is 3.53.